The first-order chi connectivity index (χ1) is 22.8. The first-order valence-electron chi connectivity index (χ1n) is 20.2. The molecule has 6 heteroatoms. The quantitative estimate of drug-likeness (QED) is 0.177. The maximum absolute atomic E-state index is 14.0. The molecule has 6 nitrogen and oxygen atoms in total. The lowest BCUT2D eigenvalue weighted by Gasteiger charge is -2.72. The van der Waals surface area contributed by atoms with Gasteiger partial charge in [0.25, 0.3) is 0 Å². The summed E-state index contributed by atoms with van der Waals surface area (Å²) in [6.07, 6.45) is 15.9. The van der Waals surface area contributed by atoms with E-state index in [0.29, 0.717) is 23.5 Å². The summed E-state index contributed by atoms with van der Waals surface area (Å²) in [6, 6.07) is 0. The third-order valence-electron chi connectivity index (χ3n) is 16.6. The first-order valence-corrected chi connectivity index (χ1v) is 20.2. The number of aliphatic carboxylic acids is 1. The standard InChI is InChI=1S/C43H69NO5/c1-27(2)35-30(45)24-43(22-23-44-26-28-12-10-11-13-28)21-20-41(8)29(36(35)43)14-15-32-40(7)18-17-33(49-34(46)25-38(3,4)37(47)48)39(5,6)31(40)16-19-42(32,41)9/h27-29,31-33,44H,10-26H2,1-9H3,(H,47,48)/t29-,31+,32-,33+,40+,41-,42-,43-/m1/s1. The Balaban J connectivity index is 1.24. The van der Waals surface area contributed by atoms with Crippen LogP contribution in [0.4, 0.5) is 0 Å². The molecule has 276 valence electrons. The number of carboxylic acid groups (broad SMARTS) is 1. The highest BCUT2D eigenvalue weighted by Gasteiger charge is 2.70. The average Bonchev–Trinajstić information content (AvgIpc) is 3.62. The number of esters is 1. The van der Waals surface area contributed by atoms with Crippen molar-refractivity contribution in [2.75, 3.05) is 13.1 Å². The van der Waals surface area contributed by atoms with Gasteiger partial charge in [0.15, 0.2) is 5.78 Å². The van der Waals surface area contributed by atoms with Gasteiger partial charge >= 0.3 is 11.9 Å². The van der Waals surface area contributed by atoms with Gasteiger partial charge in [0.2, 0.25) is 0 Å². The molecule has 0 spiro atoms. The van der Waals surface area contributed by atoms with Crippen LogP contribution >= 0.6 is 0 Å². The number of ketones is 1. The van der Waals surface area contributed by atoms with Crippen molar-refractivity contribution in [1.29, 1.82) is 0 Å². The summed E-state index contributed by atoms with van der Waals surface area (Å²) in [7, 11) is 0. The molecule has 8 atom stereocenters. The van der Waals surface area contributed by atoms with E-state index in [-0.39, 0.29) is 51.5 Å². The third-order valence-corrected chi connectivity index (χ3v) is 16.6. The Morgan fingerprint density at radius 3 is 2.24 bits per heavy atom. The molecule has 0 radical (unpaired) electrons. The molecule has 0 aromatic carbocycles. The predicted molar refractivity (Wildman–Crippen MR) is 195 cm³/mol. The monoisotopic (exact) mass is 680 g/mol. The number of rotatable bonds is 10. The van der Waals surface area contributed by atoms with Crippen LogP contribution in [0.5, 0.6) is 0 Å². The molecule has 0 unspecified atom stereocenters. The molecule has 5 fully saturated rings. The Morgan fingerprint density at radius 1 is 0.898 bits per heavy atom. The number of ether oxygens (including phenoxy) is 1. The number of hydrogen-bond donors (Lipinski definition) is 2. The minimum atomic E-state index is -1.14. The first kappa shape index (κ1) is 37.1. The largest absolute Gasteiger partial charge is 0.481 e. The van der Waals surface area contributed by atoms with Gasteiger partial charge in [0.05, 0.1) is 11.8 Å². The van der Waals surface area contributed by atoms with Crippen LogP contribution in [0.25, 0.3) is 0 Å². The highest BCUT2D eigenvalue weighted by atomic mass is 16.5. The SMILES string of the molecule is CC(C)C1=C2[C@H]3CC[C@@H]4[C@@]5(C)CC[C@H](OC(=O)CC(C)(C)C(=O)O)C(C)(C)[C@@H]5CC[C@@]4(C)[C@]3(C)CC[C@@]2(CCNCC2CCCC2)CC1=O. The van der Waals surface area contributed by atoms with Gasteiger partial charge in [0.1, 0.15) is 6.10 Å². The van der Waals surface area contributed by atoms with Gasteiger partial charge in [-0.1, -0.05) is 66.9 Å². The average molecular weight is 680 g/mol. The second kappa shape index (κ2) is 12.8. The number of carbonyl (C=O) groups excluding carboxylic acids is 2. The lowest BCUT2D eigenvalue weighted by Crippen LogP contribution is -2.65. The lowest BCUT2D eigenvalue weighted by molar-refractivity contribution is -0.233. The van der Waals surface area contributed by atoms with Crippen LogP contribution in [0.15, 0.2) is 11.1 Å². The number of Topliss-reactive ketones (excluding diaryl/α,β-unsaturated/α-hetero) is 1. The van der Waals surface area contributed by atoms with Crippen molar-refractivity contribution >= 4 is 17.7 Å². The molecule has 0 aromatic rings. The van der Waals surface area contributed by atoms with Crippen molar-refractivity contribution in [3.63, 3.8) is 0 Å². The number of hydrogen-bond acceptors (Lipinski definition) is 5. The van der Waals surface area contributed by atoms with Gasteiger partial charge in [-0.2, -0.15) is 0 Å². The summed E-state index contributed by atoms with van der Waals surface area (Å²) in [5.74, 6) is 1.69. The minimum absolute atomic E-state index is 0.0347. The Hall–Kier alpha value is -1.69. The molecule has 5 saturated carbocycles. The Bertz CT molecular complexity index is 1360. The fraction of sp³-hybridized carbons (Fsp3) is 0.884. The molecule has 6 rings (SSSR count). The maximum atomic E-state index is 14.0. The summed E-state index contributed by atoms with van der Waals surface area (Å²) in [5, 5.41) is 13.5. The summed E-state index contributed by atoms with van der Waals surface area (Å²) >= 11 is 0. The molecule has 0 heterocycles. The zero-order valence-electron chi connectivity index (χ0n) is 32.6. The summed E-state index contributed by atoms with van der Waals surface area (Å²) < 4.78 is 6.18. The van der Waals surface area contributed by atoms with Crippen LogP contribution in [0.3, 0.4) is 0 Å². The van der Waals surface area contributed by atoms with E-state index in [9.17, 15) is 19.5 Å². The van der Waals surface area contributed by atoms with Crippen molar-refractivity contribution in [2.24, 2.45) is 62.1 Å². The number of nitrogens with one attached hydrogen (secondary N) is 1. The number of carboxylic acids is 1. The van der Waals surface area contributed by atoms with E-state index in [1.54, 1.807) is 19.4 Å². The van der Waals surface area contributed by atoms with E-state index in [0.717, 1.165) is 57.5 Å². The van der Waals surface area contributed by atoms with Gasteiger partial charge < -0.3 is 15.2 Å². The van der Waals surface area contributed by atoms with Crippen LogP contribution < -0.4 is 5.32 Å². The normalized spacial score (nSPS) is 40.5. The Kier molecular flexibility index (Phi) is 9.66. The van der Waals surface area contributed by atoms with Crippen molar-refractivity contribution < 1.29 is 24.2 Å². The van der Waals surface area contributed by atoms with E-state index in [4.69, 9.17) is 4.74 Å². The summed E-state index contributed by atoms with van der Waals surface area (Å²) in [5.41, 5.74) is 1.98. The van der Waals surface area contributed by atoms with Gasteiger partial charge in [0, 0.05) is 17.3 Å². The predicted octanol–water partition coefficient (Wildman–Crippen LogP) is 9.55. The van der Waals surface area contributed by atoms with Crippen LogP contribution in [0.1, 0.15) is 159 Å². The summed E-state index contributed by atoms with van der Waals surface area (Å²) in [4.78, 5) is 38.7. The molecular weight excluding hydrogens is 610 g/mol. The number of allylic oxidation sites excluding steroid dienone is 2. The van der Waals surface area contributed by atoms with Crippen LogP contribution in [0, 0.1) is 62.1 Å². The molecule has 2 N–H and O–H groups in total. The highest BCUT2D eigenvalue weighted by Crippen LogP contribution is 2.77. The van der Waals surface area contributed by atoms with Gasteiger partial charge in [-0.3, -0.25) is 14.4 Å². The van der Waals surface area contributed by atoms with E-state index < -0.39 is 11.4 Å². The van der Waals surface area contributed by atoms with Gasteiger partial charge in [-0.15, -0.1) is 0 Å². The molecule has 49 heavy (non-hydrogen) atoms. The molecule has 6 aliphatic rings. The minimum Gasteiger partial charge on any atom is -0.481 e. The molecule has 6 aliphatic carbocycles. The van der Waals surface area contributed by atoms with E-state index in [1.165, 1.54) is 56.9 Å². The zero-order valence-corrected chi connectivity index (χ0v) is 32.6. The van der Waals surface area contributed by atoms with Crippen molar-refractivity contribution in [3.8, 4) is 0 Å². The van der Waals surface area contributed by atoms with E-state index in [2.05, 4.69) is 53.8 Å². The second-order valence-electron chi connectivity index (χ2n) is 20.3. The van der Waals surface area contributed by atoms with Crippen molar-refractivity contribution in [1.82, 2.24) is 5.32 Å². The van der Waals surface area contributed by atoms with Crippen molar-refractivity contribution in [2.45, 2.75) is 165 Å². The number of fused-ring (bicyclic) bond motifs is 7. The molecule has 0 aliphatic heterocycles. The fourth-order valence-electron chi connectivity index (χ4n) is 13.7. The van der Waals surface area contributed by atoms with Crippen LogP contribution in [-0.2, 0) is 19.1 Å². The number of carbonyl (C=O) groups is 3. The third kappa shape index (κ3) is 5.88. The molecule has 0 bridgehead atoms. The van der Waals surface area contributed by atoms with Crippen molar-refractivity contribution in [3.05, 3.63) is 11.1 Å². The van der Waals surface area contributed by atoms with E-state index in [1.807, 2.05) is 0 Å². The van der Waals surface area contributed by atoms with Gasteiger partial charge in [-0.25, -0.2) is 0 Å². The second-order valence-corrected chi connectivity index (χ2v) is 20.3. The van der Waals surface area contributed by atoms with E-state index >= 15 is 0 Å². The smallest absolute Gasteiger partial charge is 0.309 e. The molecule has 0 aromatic heterocycles. The molecular formula is C43H69NO5. The summed E-state index contributed by atoms with van der Waals surface area (Å²) in [6.45, 7) is 22.3. The Morgan fingerprint density at radius 2 is 1.59 bits per heavy atom. The van der Waals surface area contributed by atoms with Crippen LogP contribution in [-0.4, -0.2) is 42.0 Å². The zero-order chi connectivity index (χ0) is 35.8. The molecule has 0 amide bonds. The molecule has 0 saturated heterocycles. The van der Waals surface area contributed by atoms with Crippen LogP contribution in [0.2, 0.25) is 0 Å². The lowest BCUT2D eigenvalue weighted by atomic mass is 9.33. The van der Waals surface area contributed by atoms with Gasteiger partial charge in [-0.05, 0) is 149 Å². The topological polar surface area (TPSA) is 92.7 Å². The Labute approximate surface area is 297 Å². The highest BCUT2D eigenvalue weighted by molar-refractivity contribution is 6.00. The maximum Gasteiger partial charge on any atom is 0.309 e. The fourth-order valence-corrected chi connectivity index (χ4v) is 13.7.